The average molecular weight is 519 g/mol. The van der Waals surface area contributed by atoms with Crippen LogP contribution < -0.4 is 20.5 Å². The summed E-state index contributed by atoms with van der Waals surface area (Å²) in [4.78, 5) is 12.9. The molecule has 4 N–H and O–H groups in total. The summed E-state index contributed by atoms with van der Waals surface area (Å²) in [5.74, 6) is -2.69. The first-order valence-electron chi connectivity index (χ1n) is 11.7. The number of benzene rings is 1. The van der Waals surface area contributed by atoms with Gasteiger partial charge in [-0.05, 0) is 50.3 Å². The van der Waals surface area contributed by atoms with Crippen molar-refractivity contribution in [2.24, 2.45) is 5.73 Å². The van der Waals surface area contributed by atoms with Gasteiger partial charge in [0.2, 0.25) is 27.6 Å². The van der Waals surface area contributed by atoms with Crippen LogP contribution in [0.1, 0.15) is 39.0 Å². The number of sulfonamides is 1. The molecule has 3 aromatic rings. The van der Waals surface area contributed by atoms with Crippen molar-refractivity contribution in [2.45, 2.75) is 51.1 Å². The molecular formula is C24H28F2N6O3S. The Morgan fingerprint density at radius 1 is 1.08 bits per heavy atom. The molecule has 0 radical (unpaired) electrons. The number of nitrogens with one attached hydrogen (secondary N) is 2. The van der Waals surface area contributed by atoms with E-state index in [0.29, 0.717) is 23.6 Å². The zero-order valence-electron chi connectivity index (χ0n) is 19.7. The molecule has 12 heteroatoms. The molecule has 0 spiro atoms. The van der Waals surface area contributed by atoms with Gasteiger partial charge in [-0.25, -0.2) is 32.2 Å². The lowest BCUT2D eigenvalue weighted by Crippen LogP contribution is -2.33. The monoisotopic (exact) mass is 518 g/mol. The van der Waals surface area contributed by atoms with Crippen molar-refractivity contribution in [2.75, 3.05) is 15.8 Å². The van der Waals surface area contributed by atoms with Gasteiger partial charge < -0.3 is 15.8 Å². The van der Waals surface area contributed by atoms with Crippen LogP contribution in [0.3, 0.4) is 0 Å². The summed E-state index contributed by atoms with van der Waals surface area (Å²) in [6.07, 6.45) is 7.04. The standard InChI is InChI=1S/C24H28F2N6O3S/c1-2-12-36(33,34)32-17-13-19(25)22(20(26)14-17)35-23-18(4-3-10-28-23)21-9-11-29-24(31-21)30-16-7-5-15(27)6-8-16/h3-4,9-11,13-16,32H,2,5-8,12,27H2,1H3,(H,29,30,31). The summed E-state index contributed by atoms with van der Waals surface area (Å²) in [5.41, 5.74) is 6.60. The molecule has 36 heavy (non-hydrogen) atoms. The number of hydrogen-bond donors (Lipinski definition) is 3. The van der Waals surface area contributed by atoms with E-state index in [1.165, 1.54) is 6.20 Å². The van der Waals surface area contributed by atoms with Crippen LogP contribution in [0.5, 0.6) is 11.6 Å². The smallest absolute Gasteiger partial charge is 0.232 e. The zero-order valence-corrected chi connectivity index (χ0v) is 20.6. The third-order valence-electron chi connectivity index (χ3n) is 5.75. The fourth-order valence-corrected chi connectivity index (χ4v) is 5.12. The van der Waals surface area contributed by atoms with Crippen LogP contribution in [-0.2, 0) is 10.0 Å². The Labute approximate surface area is 208 Å². The summed E-state index contributed by atoms with van der Waals surface area (Å²) in [6, 6.07) is 7.10. The first kappa shape index (κ1) is 25.7. The lowest BCUT2D eigenvalue weighted by atomic mass is 9.92. The van der Waals surface area contributed by atoms with Gasteiger partial charge in [-0.3, -0.25) is 4.72 Å². The van der Waals surface area contributed by atoms with E-state index < -0.39 is 27.4 Å². The summed E-state index contributed by atoms with van der Waals surface area (Å²) < 4.78 is 61.1. The molecule has 1 aliphatic rings. The fourth-order valence-electron chi connectivity index (χ4n) is 4.00. The van der Waals surface area contributed by atoms with Gasteiger partial charge in [0.05, 0.1) is 22.7 Å². The van der Waals surface area contributed by atoms with Crippen LogP contribution in [0.2, 0.25) is 0 Å². The minimum absolute atomic E-state index is 0.0668. The normalized spacial score (nSPS) is 18.0. The molecule has 1 aliphatic carbocycles. The molecule has 4 rings (SSSR count). The van der Waals surface area contributed by atoms with E-state index in [1.807, 2.05) is 0 Å². The van der Waals surface area contributed by atoms with Gasteiger partial charge in [-0.2, -0.15) is 0 Å². The van der Waals surface area contributed by atoms with Crippen molar-refractivity contribution in [3.63, 3.8) is 0 Å². The molecule has 0 unspecified atom stereocenters. The summed E-state index contributed by atoms with van der Waals surface area (Å²) in [6.45, 7) is 1.68. The van der Waals surface area contributed by atoms with E-state index in [1.54, 1.807) is 31.3 Å². The maximum Gasteiger partial charge on any atom is 0.232 e. The first-order chi connectivity index (χ1) is 17.2. The zero-order chi connectivity index (χ0) is 25.7. The van der Waals surface area contributed by atoms with E-state index in [9.17, 15) is 17.2 Å². The van der Waals surface area contributed by atoms with Crippen LogP contribution in [-0.4, -0.2) is 41.2 Å². The number of rotatable bonds is 9. The highest BCUT2D eigenvalue weighted by Crippen LogP contribution is 2.34. The first-order valence-corrected chi connectivity index (χ1v) is 13.4. The maximum atomic E-state index is 14.8. The van der Waals surface area contributed by atoms with E-state index in [0.717, 1.165) is 37.8 Å². The predicted octanol–water partition coefficient (Wildman–Crippen LogP) is 4.44. The highest BCUT2D eigenvalue weighted by atomic mass is 32.2. The molecule has 0 atom stereocenters. The summed E-state index contributed by atoms with van der Waals surface area (Å²) in [7, 11) is -3.71. The Morgan fingerprint density at radius 2 is 1.81 bits per heavy atom. The molecule has 1 saturated carbocycles. The van der Waals surface area contributed by atoms with Gasteiger partial charge in [-0.15, -0.1) is 0 Å². The SMILES string of the molecule is CCCS(=O)(=O)Nc1cc(F)c(Oc2ncccc2-c2ccnc(NC3CCC(N)CC3)n2)c(F)c1. The summed E-state index contributed by atoms with van der Waals surface area (Å²) in [5, 5.41) is 3.32. The quantitative estimate of drug-likeness (QED) is 0.379. The predicted molar refractivity (Wildman–Crippen MR) is 133 cm³/mol. The highest BCUT2D eigenvalue weighted by Gasteiger charge is 2.21. The number of pyridine rings is 1. The molecule has 2 heterocycles. The van der Waals surface area contributed by atoms with Gasteiger partial charge in [-0.1, -0.05) is 6.92 Å². The third-order valence-corrected chi connectivity index (χ3v) is 7.24. The second-order valence-corrected chi connectivity index (χ2v) is 10.5. The Bertz CT molecular complexity index is 1290. The average Bonchev–Trinajstić information content (AvgIpc) is 2.83. The van der Waals surface area contributed by atoms with Crippen LogP contribution >= 0.6 is 0 Å². The van der Waals surface area contributed by atoms with Crippen molar-refractivity contribution in [3.8, 4) is 22.9 Å². The Morgan fingerprint density at radius 3 is 2.50 bits per heavy atom. The molecule has 192 valence electrons. The van der Waals surface area contributed by atoms with Gasteiger partial charge in [0.15, 0.2) is 11.6 Å². The van der Waals surface area contributed by atoms with Crippen molar-refractivity contribution in [1.82, 2.24) is 15.0 Å². The molecule has 0 amide bonds. The minimum atomic E-state index is -3.71. The Kier molecular flexibility index (Phi) is 7.94. The molecule has 0 bridgehead atoms. The van der Waals surface area contributed by atoms with E-state index >= 15 is 0 Å². The molecule has 1 fully saturated rings. The number of halogens is 2. The number of anilines is 2. The molecule has 9 nitrogen and oxygen atoms in total. The minimum Gasteiger partial charge on any atom is -0.432 e. The molecule has 0 saturated heterocycles. The lowest BCUT2D eigenvalue weighted by Gasteiger charge is -2.26. The van der Waals surface area contributed by atoms with Crippen LogP contribution in [0, 0.1) is 11.6 Å². The molecule has 2 aromatic heterocycles. The third kappa shape index (κ3) is 6.43. The van der Waals surface area contributed by atoms with Gasteiger partial charge in [0, 0.05) is 36.6 Å². The molecule has 0 aliphatic heterocycles. The Balaban J connectivity index is 1.56. The van der Waals surface area contributed by atoms with Crippen molar-refractivity contribution in [1.29, 1.82) is 0 Å². The second kappa shape index (κ2) is 11.1. The topological polar surface area (TPSA) is 132 Å². The van der Waals surface area contributed by atoms with E-state index in [4.69, 9.17) is 10.5 Å². The lowest BCUT2D eigenvalue weighted by molar-refractivity contribution is 0.397. The number of hydrogen-bond acceptors (Lipinski definition) is 8. The van der Waals surface area contributed by atoms with Gasteiger partial charge in [0.25, 0.3) is 0 Å². The number of nitrogens with zero attached hydrogens (tertiary/aromatic N) is 3. The van der Waals surface area contributed by atoms with Crippen LogP contribution in [0.15, 0.2) is 42.7 Å². The number of aromatic nitrogens is 3. The maximum absolute atomic E-state index is 14.8. The largest absolute Gasteiger partial charge is 0.432 e. The van der Waals surface area contributed by atoms with E-state index in [-0.39, 0.29) is 29.4 Å². The van der Waals surface area contributed by atoms with E-state index in [2.05, 4.69) is 25.0 Å². The van der Waals surface area contributed by atoms with Crippen molar-refractivity contribution >= 4 is 21.7 Å². The highest BCUT2D eigenvalue weighted by molar-refractivity contribution is 7.92. The Hall–Kier alpha value is -3.38. The van der Waals surface area contributed by atoms with Crippen LogP contribution in [0.4, 0.5) is 20.4 Å². The van der Waals surface area contributed by atoms with Crippen molar-refractivity contribution in [3.05, 3.63) is 54.4 Å². The number of nitrogens with two attached hydrogens (primary N) is 1. The molecular weight excluding hydrogens is 490 g/mol. The van der Waals surface area contributed by atoms with Gasteiger partial charge in [0.1, 0.15) is 0 Å². The molecule has 1 aromatic carbocycles. The fraction of sp³-hybridized carbons (Fsp3) is 0.375. The van der Waals surface area contributed by atoms with Crippen LogP contribution in [0.25, 0.3) is 11.3 Å². The number of ether oxygens (including phenoxy) is 1. The second-order valence-electron chi connectivity index (χ2n) is 8.67. The summed E-state index contributed by atoms with van der Waals surface area (Å²) >= 11 is 0. The van der Waals surface area contributed by atoms with Gasteiger partial charge >= 0.3 is 0 Å². The van der Waals surface area contributed by atoms with Crippen molar-refractivity contribution < 1.29 is 21.9 Å².